The molecule has 9 heteroatoms. The summed E-state index contributed by atoms with van der Waals surface area (Å²) in [6.45, 7) is 5.26. The Labute approximate surface area is 145 Å². The van der Waals surface area contributed by atoms with Crippen molar-refractivity contribution >= 4 is 10.0 Å². The molecular weight excluding hydrogens is 344 g/mol. The van der Waals surface area contributed by atoms with Crippen molar-refractivity contribution in [1.82, 2.24) is 20.1 Å². The Balaban J connectivity index is 1.64. The molecule has 0 radical (unpaired) electrons. The molecule has 0 saturated heterocycles. The SMILES string of the molecule is Cc1ccc(-c2nnc(CCNS(=O)(=O)c3c(C)noc3C)o2)cc1. The number of nitrogens with zero attached hydrogens (tertiary/aromatic N) is 3. The minimum atomic E-state index is -3.69. The summed E-state index contributed by atoms with van der Waals surface area (Å²) in [5, 5.41) is 11.6. The lowest BCUT2D eigenvalue weighted by molar-refractivity contribution is 0.390. The van der Waals surface area contributed by atoms with Crippen LogP contribution in [0.3, 0.4) is 0 Å². The van der Waals surface area contributed by atoms with E-state index in [1.807, 2.05) is 31.2 Å². The topological polar surface area (TPSA) is 111 Å². The molecule has 1 aromatic carbocycles. The molecule has 2 heterocycles. The molecule has 0 amide bonds. The number of aromatic nitrogens is 3. The largest absolute Gasteiger partial charge is 0.421 e. The predicted octanol–water partition coefficient (Wildman–Crippen LogP) is 2.17. The van der Waals surface area contributed by atoms with Crippen LogP contribution in [0.15, 0.2) is 38.1 Å². The summed E-state index contributed by atoms with van der Waals surface area (Å²) in [6, 6.07) is 7.70. The van der Waals surface area contributed by atoms with Gasteiger partial charge in [0.25, 0.3) is 0 Å². The van der Waals surface area contributed by atoms with E-state index in [1.54, 1.807) is 13.8 Å². The summed E-state index contributed by atoms with van der Waals surface area (Å²) in [4.78, 5) is 0.0679. The summed E-state index contributed by atoms with van der Waals surface area (Å²) in [5.41, 5.74) is 2.28. The third kappa shape index (κ3) is 3.77. The van der Waals surface area contributed by atoms with Crippen LogP contribution in [0.25, 0.3) is 11.5 Å². The quantitative estimate of drug-likeness (QED) is 0.715. The van der Waals surface area contributed by atoms with Crippen LogP contribution in [0, 0.1) is 20.8 Å². The molecule has 1 N–H and O–H groups in total. The van der Waals surface area contributed by atoms with Gasteiger partial charge in [-0.3, -0.25) is 0 Å². The second-order valence-electron chi connectivity index (χ2n) is 5.67. The normalized spacial score (nSPS) is 11.8. The van der Waals surface area contributed by atoms with Crippen LogP contribution >= 0.6 is 0 Å². The summed E-state index contributed by atoms with van der Waals surface area (Å²) >= 11 is 0. The summed E-state index contributed by atoms with van der Waals surface area (Å²) in [5.74, 6) is 1.02. The maximum atomic E-state index is 12.3. The van der Waals surface area contributed by atoms with Gasteiger partial charge < -0.3 is 8.94 Å². The van der Waals surface area contributed by atoms with Crippen molar-refractivity contribution in [1.29, 1.82) is 0 Å². The van der Waals surface area contributed by atoms with Crippen LogP contribution in [-0.2, 0) is 16.4 Å². The van der Waals surface area contributed by atoms with Crippen LogP contribution in [0.5, 0.6) is 0 Å². The van der Waals surface area contributed by atoms with Crippen molar-refractivity contribution in [3.05, 3.63) is 47.2 Å². The van der Waals surface area contributed by atoms with Gasteiger partial charge in [-0.05, 0) is 32.9 Å². The average molecular weight is 362 g/mol. The Kier molecular flexibility index (Phi) is 4.69. The van der Waals surface area contributed by atoms with E-state index in [9.17, 15) is 8.42 Å². The third-order valence-corrected chi connectivity index (χ3v) is 5.34. The van der Waals surface area contributed by atoms with Crippen LogP contribution < -0.4 is 4.72 Å². The lowest BCUT2D eigenvalue weighted by atomic mass is 10.1. The highest BCUT2D eigenvalue weighted by Crippen LogP contribution is 2.20. The van der Waals surface area contributed by atoms with E-state index >= 15 is 0 Å². The minimum Gasteiger partial charge on any atom is -0.421 e. The molecule has 0 unspecified atom stereocenters. The van der Waals surface area contributed by atoms with E-state index in [-0.39, 0.29) is 23.6 Å². The summed E-state index contributed by atoms with van der Waals surface area (Å²) < 4.78 is 37.6. The van der Waals surface area contributed by atoms with Gasteiger partial charge in [-0.2, -0.15) is 0 Å². The first-order chi connectivity index (χ1) is 11.9. The fourth-order valence-electron chi connectivity index (χ4n) is 2.39. The molecule has 0 aliphatic rings. The molecule has 0 bridgehead atoms. The number of sulfonamides is 1. The van der Waals surface area contributed by atoms with Gasteiger partial charge in [-0.15, -0.1) is 10.2 Å². The highest BCUT2D eigenvalue weighted by molar-refractivity contribution is 7.89. The molecule has 0 saturated carbocycles. The Morgan fingerprint density at radius 3 is 2.44 bits per heavy atom. The van der Waals surface area contributed by atoms with Crippen molar-refractivity contribution in [2.75, 3.05) is 6.54 Å². The second-order valence-corrected chi connectivity index (χ2v) is 7.37. The summed E-state index contributed by atoms with van der Waals surface area (Å²) in [6.07, 6.45) is 0.279. The maximum absolute atomic E-state index is 12.3. The lowest BCUT2D eigenvalue weighted by Crippen LogP contribution is -2.26. The molecule has 8 nitrogen and oxygen atoms in total. The number of aryl methyl sites for hydroxylation is 3. The monoisotopic (exact) mass is 362 g/mol. The average Bonchev–Trinajstić information content (AvgIpc) is 3.15. The summed E-state index contributed by atoms with van der Waals surface area (Å²) in [7, 11) is -3.69. The molecule has 3 rings (SSSR count). The van der Waals surface area contributed by atoms with Gasteiger partial charge in [-0.1, -0.05) is 22.9 Å². The standard InChI is InChI=1S/C16H18N4O4S/c1-10-4-6-13(7-5-10)16-19-18-14(23-16)8-9-17-25(21,22)15-11(2)20-24-12(15)3/h4-7,17H,8-9H2,1-3H3. The Hall–Kier alpha value is -2.52. The molecule has 0 aliphatic heterocycles. The van der Waals surface area contributed by atoms with Gasteiger partial charge in [0, 0.05) is 18.5 Å². The van der Waals surface area contributed by atoms with Gasteiger partial charge in [0.05, 0.1) is 0 Å². The van der Waals surface area contributed by atoms with Gasteiger partial charge in [0.1, 0.15) is 10.6 Å². The third-order valence-electron chi connectivity index (χ3n) is 3.63. The number of nitrogens with one attached hydrogen (secondary N) is 1. The predicted molar refractivity (Wildman–Crippen MR) is 89.3 cm³/mol. The second kappa shape index (κ2) is 6.77. The van der Waals surface area contributed by atoms with Gasteiger partial charge in [0.15, 0.2) is 5.76 Å². The zero-order chi connectivity index (χ0) is 18.0. The Bertz CT molecular complexity index is 954. The molecule has 25 heavy (non-hydrogen) atoms. The van der Waals surface area contributed by atoms with Crippen molar-refractivity contribution in [2.45, 2.75) is 32.1 Å². The minimum absolute atomic E-state index is 0.0679. The molecular formula is C16H18N4O4S. The van der Waals surface area contributed by atoms with Crippen LogP contribution in [0.1, 0.15) is 22.9 Å². The van der Waals surface area contributed by atoms with Crippen LogP contribution in [0.2, 0.25) is 0 Å². The van der Waals surface area contributed by atoms with Crippen molar-refractivity contribution in [2.24, 2.45) is 0 Å². The highest BCUT2D eigenvalue weighted by atomic mass is 32.2. The van der Waals surface area contributed by atoms with E-state index in [0.29, 0.717) is 17.5 Å². The van der Waals surface area contributed by atoms with E-state index in [4.69, 9.17) is 8.94 Å². The molecule has 3 aromatic rings. The smallest absolute Gasteiger partial charge is 0.247 e. The molecule has 132 valence electrons. The van der Waals surface area contributed by atoms with Gasteiger partial charge in [0.2, 0.25) is 21.8 Å². The first-order valence-electron chi connectivity index (χ1n) is 7.69. The Morgan fingerprint density at radius 1 is 1.08 bits per heavy atom. The number of benzene rings is 1. The number of rotatable bonds is 6. The van der Waals surface area contributed by atoms with Gasteiger partial charge in [-0.25, -0.2) is 13.1 Å². The molecule has 0 fully saturated rings. The first-order valence-corrected chi connectivity index (χ1v) is 9.17. The number of hydrogen-bond acceptors (Lipinski definition) is 7. The van der Waals surface area contributed by atoms with Crippen molar-refractivity contribution in [3.63, 3.8) is 0 Å². The maximum Gasteiger partial charge on any atom is 0.247 e. The molecule has 0 atom stereocenters. The van der Waals surface area contributed by atoms with Crippen molar-refractivity contribution in [3.8, 4) is 11.5 Å². The van der Waals surface area contributed by atoms with Crippen molar-refractivity contribution < 1.29 is 17.4 Å². The van der Waals surface area contributed by atoms with Gasteiger partial charge >= 0.3 is 0 Å². The molecule has 0 spiro atoms. The zero-order valence-electron chi connectivity index (χ0n) is 14.1. The molecule has 0 aliphatic carbocycles. The molecule has 2 aromatic heterocycles. The Morgan fingerprint density at radius 2 is 1.80 bits per heavy atom. The zero-order valence-corrected chi connectivity index (χ0v) is 14.9. The van der Waals surface area contributed by atoms with E-state index < -0.39 is 10.0 Å². The highest BCUT2D eigenvalue weighted by Gasteiger charge is 2.23. The fourth-order valence-corrected chi connectivity index (χ4v) is 3.75. The first kappa shape index (κ1) is 17.3. The van der Waals surface area contributed by atoms with Crippen LogP contribution in [-0.4, -0.2) is 30.3 Å². The lowest BCUT2D eigenvalue weighted by Gasteiger charge is -2.04. The van der Waals surface area contributed by atoms with E-state index in [0.717, 1.165) is 11.1 Å². The fraction of sp³-hybridized carbons (Fsp3) is 0.312. The van der Waals surface area contributed by atoms with Crippen LogP contribution in [0.4, 0.5) is 0 Å². The van der Waals surface area contributed by atoms with E-state index in [2.05, 4.69) is 20.1 Å². The van der Waals surface area contributed by atoms with E-state index in [1.165, 1.54) is 0 Å². The number of hydrogen-bond donors (Lipinski definition) is 1.